The predicted octanol–water partition coefficient (Wildman–Crippen LogP) is 3.35. The van der Waals surface area contributed by atoms with Crippen LogP contribution in [0.25, 0.3) is 0 Å². The summed E-state index contributed by atoms with van der Waals surface area (Å²) in [5.41, 5.74) is 1.16. The van der Waals surface area contributed by atoms with Crippen LogP contribution in [0, 0.1) is 0 Å². The van der Waals surface area contributed by atoms with Crippen molar-refractivity contribution >= 4 is 18.3 Å². The molecule has 1 N–H and O–H groups in total. The van der Waals surface area contributed by atoms with Crippen molar-refractivity contribution in [3.05, 3.63) is 29.8 Å². The summed E-state index contributed by atoms with van der Waals surface area (Å²) >= 11 is 0. The molecule has 0 aromatic heterocycles. The highest BCUT2D eigenvalue weighted by atomic mass is 35.5. The lowest BCUT2D eigenvalue weighted by atomic mass is 9.95. The van der Waals surface area contributed by atoms with Crippen LogP contribution in [-0.4, -0.2) is 43.1 Å². The van der Waals surface area contributed by atoms with Gasteiger partial charge in [0.15, 0.2) is 0 Å². The first-order valence-corrected chi connectivity index (χ1v) is 8.72. The van der Waals surface area contributed by atoms with Crippen LogP contribution in [0.4, 0.5) is 0 Å². The highest BCUT2D eigenvalue weighted by Crippen LogP contribution is 2.30. The van der Waals surface area contributed by atoms with E-state index >= 15 is 0 Å². The number of fused-ring (bicyclic) bond motifs is 2. The Morgan fingerprint density at radius 1 is 1.33 bits per heavy atom. The van der Waals surface area contributed by atoms with E-state index in [-0.39, 0.29) is 24.2 Å². The number of rotatable bonds is 5. The fourth-order valence-corrected chi connectivity index (χ4v) is 4.02. The van der Waals surface area contributed by atoms with Crippen molar-refractivity contribution < 1.29 is 9.53 Å². The number of nitrogens with one attached hydrogen (secondary N) is 1. The van der Waals surface area contributed by atoms with E-state index in [9.17, 15) is 4.79 Å². The molecular formula is C19H29ClN2O2. The van der Waals surface area contributed by atoms with Crippen molar-refractivity contribution in [2.24, 2.45) is 0 Å². The molecule has 1 amide bonds. The lowest BCUT2D eigenvalue weighted by molar-refractivity contribution is -0.133. The van der Waals surface area contributed by atoms with E-state index < -0.39 is 0 Å². The van der Waals surface area contributed by atoms with E-state index in [2.05, 4.69) is 18.3 Å². The first kappa shape index (κ1) is 19.1. The third kappa shape index (κ3) is 4.22. The number of ether oxygens (including phenoxy) is 1. The summed E-state index contributed by atoms with van der Waals surface area (Å²) in [6.07, 6.45) is 5.30. The van der Waals surface area contributed by atoms with E-state index in [4.69, 9.17) is 4.74 Å². The third-order valence-corrected chi connectivity index (χ3v) is 5.53. The van der Waals surface area contributed by atoms with Gasteiger partial charge in [0.25, 0.3) is 0 Å². The lowest BCUT2D eigenvalue weighted by Gasteiger charge is -2.36. The third-order valence-electron chi connectivity index (χ3n) is 5.53. The molecule has 2 bridgehead atoms. The van der Waals surface area contributed by atoms with Gasteiger partial charge in [-0.15, -0.1) is 12.4 Å². The Kier molecular flexibility index (Phi) is 6.53. The molecule has 3 unspecified atom stereocenters. The van der Waals surface area contributed by atoms with Crippen LogP contribution >= 0.6 is 12.4 Å². The molecule has 0 radical (unpaired) electrons. The van der Waals surface area contributed by atoms with Gasteiger partial charge in [0.05, 0.1) is 7.11 Å². The van der Waals surface area contributed by atoms with Crippen LogP contribution in [-0.2, 0) is 4.79 Å². The molecule has 2 saturated heterocycles. The van der Waals surface area contributed by atoms with Crippen molar-refractivity contribution in [3.8, 4) is 5.75 Å². The SMILES string of the molecule is COc1cccc(C(C)CC(=O)N(C)C2CC3CCC(C2)N3)c1.Cl. The quantitative estimate of drug-likeness (QED) is 0.883. The van der Waals surface area contributed by atoms with Gasteiger partial charge in [-0.25, -0.2) is 0 Å². The Bertz CT molecular complexity index is 554. The van der Waals surface area contributed by atoms with Crippen molar-refractivity contribution in [1.82, 2.24) is 10.2 Å². The van der Waals surface area contributed by atoms with Crippen molar-refractivity contribution in [3.63, 3.8) is 0 Å². The second kappa shape index (κ2) is 8.21. The van der Waals surface area contributed by atoms with Crippen LogP contribution in [0.1, 0.15) is 50.5 Å². The van der Waals surface area contributed by atoms with Gasteiger partial charge < -0.3 is 15.0 Å². The van der Waals surface area contributed by atoms with Crippen molar-refractivity contribution in [2.45, 2.75) is 63.1 Å². The summed E-state index contributed by atoms with van der Waals surface area (Å²) in [4.78, 5) is 14.7. The minimum absolute atomic E-state index is 0. The monoisotopic (exact) mass is 352 g/mol. The van der Waals surface area contributed by atoms with E-state index in [1.54, 1.807) is 7.11 Å². The molecule has 5 heteroatoms. The van der Waals surface area contributed by atoms with Crippen LogP contribution in [0.15, 0.2) is 24.3 Å². The summed E-state index contributed by atoms with van der Waals surface area (Å²) in [6, 6.07) is 9.67. The molecule has 0 aliphatic carbocycles. The van der Waals surface area contributed by atoms with Gasteiger partial charge in [0, 0.05) is 31.6 Å². The van der Waals surface area contributed by atoms with Gasteiger partial charge in [-0.3, -0.25) is 4.79 Å². The number of halogens is 1. The summed E-state index contributed by atoms with van der Waals surface area (Å²) in [5, 5.41) is 3.64. The molecule has 24 heavy (non-hydrogen) atoms. The highest BCUT2D eigenvalue weighted by Gasteiger charge is 2.36. The number of hydrogen-bond acceptors (Lipinski definition) is 3. The van der Waals surface area contributed by atoms with Crippen LogP contribution in [0.2, 0.25) is 0 Å². The zero-order valence-corrected chi connectivity index (χ0v) is 15.6. The fourth-order valence-electron chi connectivity index (χ4n) is 4.02. The molecule has 2 aliphatic rings. The number of hydrogen-bond donors (Lipinski definition) is 1. The summed E-state index contributed by atoms with van der Waals surface area (Å²) in [6.45, 7) is 2.12. The molecule has 3 rings (SSSR count). The number of methoxy groups -OCH3 is 1. The van der Waals surface area contributed by atoms with E-state index in [0.717, 1.165) is 24.2 Å². The Labute approximate surface area is 151 Å². The first-order valence-electron chi connectivity index (χ1n) is 8.72. The van der Waals surface area contributed by atoms with Gasteiger partial charge >= 0.3 is 0 Å². The number of benzene rings is 1. The second-order valence-electron chi connectivity index (χ2n) is 7.15. The Morgan fingerprint density at radius 2 is 2.00 bits per heavy atom. The standard InChI is InChI=1S/C19H28N2O2.ClH/c1-13(14-5-4-6-18(10-14)23-3)9-19(22)21(2)17-11-15-7-8-16(12-17)20-15;/h4-6,10,13,15-17,20H,7-9,11-12H2,1-3H3;1H. The van der Waals surface area contributed by atoms with E-state index in [1.165, 1.54) is 12.8 Å². The summed E-state index contributed by atoms with van der Waals surface area (Å²) in [5.74, 6) is 1.31. The minimum Gasteiger partial charge on any atom is -0.497 e. The molecule has 1 aromatic carbocycles. The smallest absolute Gasteiger partial charge is 0.223 e. The predicted molar refractivity (Wildman–Crippen MR) is 99.0 cm³/mol. The summed E-state index contributed by atoms with van der Waals surface area (Å²) < 4.78 is 5.28. The Hall–Kier alpha value is -1.26. The van der Waals surface area contributed by atoms with Crippen LogP contribution in [0.5, 0.6) is 5.75 Å². The number of carbonyl (C=O) groups is 1. The molecule has 4 nitrogen and oxygen atoms in total. The maximum atomic E-state index is 12.7. The lowest BCUT2D eigenvalue weighted by Crippen LogP contribution is -2.48. The number of nitrogens with zero attached hydrogens (tertiary/aromatic N) is 1. The van der Waals surface area contributed by atoms with Crippen molar-refractivity contribution in [1.29, 1.82) is 0 Å². The second-order valence-corrected chi connectivity index (χ2v) is 7.15. The van der Waals surface area contributed by atoms with E-state index in [1.807, 2.05) is 30.1 Å². The zero-order chi connectivity index (χ0) is 16.4. The number of carbonyl (C=O) groups excluding carboxylic acids is 1. The zero-order valence-electron chi connectivity index (χ0n) is 14.8. The van der Waals surface area contributed by atoms with Gasteiger partial charge in [-0.1, -0.05) is 19.1 Å². The number of piperidine rings is 1. The van der Waals surface area contributed by atoms with Gasteiger partial charge in [-0.2, -0.15) is 0 Å². The normalized spacial score (nSPS) is 26.4. The highest BCUT2D eigenvalue weighted by molar-refractivity contribution is 5.85. The van der Waals surface area contributed by atoms with Crippen LogP contribution < -0.4 is 10.1 Å². The minimum atomic E-state index is 0. The molecule has 3 atom stereocenters. The molecule has 2 heterocycles. The molecule has 2 fully saturated rings. The molecule has 134 valence electrons. The maximum Gasteiger partial charge on any atom is 0.223 e. The first-order chi connectivity index (χ1) is 11.1. The van der Waals surface area contributed by atoms with Gasteiger partial charge in [0.1, 0.15) is 5.75 Å². The fraction of sp³-hybridized carbons (Fsp3) is 0.632. The average molecular weight is 353 g/mol. The Morgan fingerprint density at radius 3 is 2.62 bits per heavy atom. The maximum absolute atomic E-state index is 12.7. The Balaban J connectivity index is 0.00000208. The molecule has 1 aromatic rings. The van der Waals surface area contributed by atoms with E-state index in [0.29, 0.717) is 24.5 Å². The largest absolute Gasteiger partial charge is 0.497 e. The van der Waals surface area contributed by atoms with Gasteiger partial charge in [-0.05, 0) is 49.3 Å². The molecule has 2 aliphatic heterocycles. The van der Waals surface area contributed by atoms with Gasteiger partial charge in [0.2, 0.25) is 5.91 Å². The van der Waals surface area contributed by atoms with Crippen molar-refractivity contribution in [2.75, 3.05) is 14.2 Å². The molecule has 0 saturated carbocycles. The number of amides is 1. The molecule has 0 spiro atoms. The topological polar surface area (TPSA) is 41.6 Å². The summed E-state index contributed by atoms with van der Waals surface area (Å²) in [7, 11) is 3.66. The molecular weight excluding hydrogens is 324 g/mol. The average Bonchev–Trinajstić information content (AvgIpc) is 2.92. The van der Waals surface area contributed by atoms with Crippen LogP contribution in [0.3, 0.4) is 0 Å².